The third-order valence-corrected chi connectivity index (χ3v) is 4.47. The summed E-state index contributed by atoms with van der Waals surface area (Å²) in [6.45, 7) is 6.34. The van der Waals surface area contributed by atoms with Crippen LogP contribution in [0.3, 0.4) is 0 Å². The fourth-order valence-corrected chi connectivity index (χ4v) is 2.43. The summed E-state index contributed by atoms with van der Waals surface area (Å²) in [6.07, 6.45) is 1.14. The molecule has 0 aliphatic rings. The van der Waals surface area contributed by atoms with E-state index < -0.39 is 0 Å². The smallest absolute Gasteiger partial charge is 0.258 e. The van der Waals surface area contributed by atoms with E-state index in [1.165, 1.54) is 0 Å². The van der Waals surface area contributed by atoms with E-state index in [-0.39, 0.29) is 0 Å². The Balaban J connectivity index is 2.14. The van der Waals surface area contributed by atoms with E-state index in [2.05, 4.69) is 24.0 Å². The molecule has 0 radical (unpaired) electrons. The lowest BCUT2D eigenvalue weighted by Crippen LogP contribution is -1.95. The zero-order valence-corrected chi connectivity index (χ0v) is 12.3. The molecule has 19 heavy (non-hydrogen) atoms. The molecule has 0 aliphatic heterocycles. The Morgan fingerprint density at radius 3 is 2.95 bits per heavy atom. The first-order valence-electron chi connectivity index (χ1n) is 6.41. The number of rotatable bonds is 5. The SMILES string of the molecule is CCC(C)SCc1noc(-c2cccc(N)c2C)n1. The Morgan fingerprint density at radius 2 is 2.21 bits per heavy atom. The van der Waals surface area contributed by atoms with Crippen molar-refractivity contribution in [2.24, 2.45) is 0 Å². The molecule has 0 saturated carbocycles. The monoisotopic (exact) mass is 277 g/mol. The first kappa shape index (κ1) is 13.9. The molecule has 0 bridgehead atoms. The second-order valence-electron chi connectivity index (χ2n) is 4.57. The lowest BCUT2D eigenvalue weighted by Gasteiger charge is -2.04. The molecule has 0 aliphatic carbocycles. The van der Waals surface area contributed by atoms with Crippen molar-refractivity contribution >= 4 is 17.4 Å². The average molecular weight is 277 g/mol. The van der Waals surface area contributed by atoms with Crippen molar-refractivity contribution in [3.05, 3.63) is 29.6 Å². The summed E-state index contributed by atoms with van der Waals surface area (Å²) in [6, 6.07) is 5.72. The highest BCUT2D eigenvalue weighted by Crippen LogP contribution is 2.26. The first-order valence-corrected chi connectivity index (χ1v) is 7.46. The van der Waals surface area contributed by atoms with Gasteiger partial charge in [-0.25, -0.2) is 0 Å². The Bertz CT molecular complexity index is 553. The van der Waals surface area contributed by atoms with Crippen LogP contribution in [-0.2, 0) is 5.75 Å². The third-order valence-electron chi connectivity index (χ3n) is 3.15. The standard InChI is InChI=1S/C14H19N3OS/c1-4-9(2)19-8-13-16-14(18-17-13)11-6-5-7-12(15)10(11)3/h5-7,9H,4,8,15H2,1-3H3. The summed E-state index contributed by atoms with van der Waals surface area (Å²) >= 11 is 1.84. The Morgan fingerprint density at radius 1 is 1.42 bits per heavy atom. The van der Waals surface area contributed by atoms with Crippen LogP contribution in [-0.4, -0.2) is 15.4 Å². The first-order chi connectivity index (χ1) is 9.11. The van der Waals surface area contributed by atoms with Crippen LogP contribution in [0.4, 0.5) is 5.69 Å². The van der Waals surface area contributed by atoms with Gasteiger partial charge in [0.1, 0.15) is 0 Å². The lowest BCUT2D eigenvalue weighted by molar-refractivity contribution is 0.425. The van der Waals surface area contributed by atoms with Crippen LogP contribution in [0.5, 0.6) is 0 Å². The zero-order chi connectivity index (χ0) is 13.8. The molecule has 0 spiro atoms. The van der Waals surface area contributed by atoms with E-state index in [0.717, 1.165) is 34.8 Å². The molecule has 5 heteroatoms. The van der Waals surface area contributed by atoms with Crippen LogP contribution < -0.4 is 5.73 Å². The maximum Gasteiger partial charge on any atom is 0.258 e. The van der Waals surface area contributed by atoms with Crippen LogP contribution in [0.2, 0.25) is 0 Å². The third kappa shape index (κ3) is 3.29. The van der Waals surface area contributed by atoms with Crippen molar-refractivity contribution in [1.29, 1.82) is 0 Å². The summed E-state index contributed by atoms with van der Waals surface area (Å²) in [7, 11) is 0. The fraction of sp³-hybridized carbons (Fsp3) is 0.429. The number of nitrogens with two attached hydrogens (primary N) is 1. The van der Waals surface area contributed by atoms with Crippen LogP contribution in [0, 0.1) is 6.92 Å². The minimum atomic E-state index is 0.546. The van der Waals surface area contributed by atoms with E-state index >= 15 is 0 Å². The lowest BCUT2D eigenvalue weighted by atomic mass is 10.1. The molecule has 2 rings (SSSR count). The van der Waals surface area contributed by atoms with Gasteiger partial charge in [-0.05, 0) is 31.0 Å². The van der Waals surface area contributed by atoms with E-state index in [1.54, 1.807) is 0 Å². The fourth-order valence-electron chi connectivity index (χ4n) is 1.64. The number of hydrogen-bond donors (Lipinski definition) is 1. The van der Waals surface area contributed by atoms with Gasteiger partial charge in [0.15, 0.2) is 5.82 Å². The molecule has 0 saturated heterocycles. The summed E-state index contributed by atoms with van der Waals surface area (Å²) in [5.41, 5.74) is 8.52. The van der Waals surface area contributed by atoms with Crippen molar-refractivity contribution in [1.82, 2.24) is 10.1 Å². The van der Waals surface area contributed by atoms with E-state index in [0.29, 0.717) is 11.1 Å². The van der Waals surface area contributed by atoms with Crippen LogP contribution in [0.25, 0.3) is 11.5 Å². The number of hydrogen-bond acceptors (Lipinski definition) is 5. The number of thioether (sulfide) groups is 1. The van der Waals surface area contributed by atoms with Crippen LogP contribution >= 0.6 is 11.8 Å². The second-order valence-corrected chi connectivity index (χ2v) is 5.99. The Labute approximate surface area is 117 Å². The number of aromatic nitrogens is 2. The Kier molecular flexibility index (Phi) is 4.47. The molecule has 1 heterocycles. The average Bonchev–Trinajstić information content (AvgIpc) is 2.87. The topological polar surface area (TPSA) is 64.9 Å². The molecule has 4 nitrogen and oxygen atoms in total. The van der Waals surface area contributed by atoms with E-state index in [4.69, 9.17) is 10.3 Å². The van der Waals surface area contributed by atoms with Crippen molar-refractivity contribution < 1.29 is 4.52 Å². The van der Waals surface area contributed by atoms with Gasteiger partial charge in [0.25, 0.3) is 5.89 Å². The summed E-state index contributed by atoms with van der Waals surface area (Å²) in [5.74, 6) is 2.06. The predicted molar refractivity (Wildman–Crippen MR) is 79.9 cm³/mol. The number of nitrogen functional groups attached to an aromatic ring is 1. The molecule has 2 N–H and O–H groups in total. The van der Waals surface area contributed by atoms with E-state index in [1.807, 2.05) is 36.9 Å². The van der Waals surface area contributed by atoms with Gasteiger partial charge in [-0.1, -0.05) is 25.1 Å². The Hall–Kier alpha value is -1.49. The molecule has 102 valence electrons. The molecular weight excluding hydrogens is 258 g/mol. The summed E-state index contributed by atoms with van der Waals surface area (Å²) in [5, 5.41) is 4.63. The molecular formula is C14H19N3OS. The normalized spacial score (nSPS) is 12.6. The van der Waals surface area contributed by atoms with Gasteiger partial charge < -0.3 is 10.3 Å². The van der Waals surface area contributed by atoms with Gasteiger partial charge in [0.05, 0.1) is 5.75 Å². The molecule has 0 amide bonds. The highest BCUT2D eigenvalue weighted by molar-refractivity contribution is 7.99. The highest BCUT2D eigenvalue weighted by atomic mass is 32.2. The summed E-state index contributed by atoms with van der Waals surface area (Å²) in [4.78, 5) is 4.43. The number of nitrogens with zero attached hydrogens (tertiary/aromatic N) is 2. The second kappa shape index (κ2) is 6.10. The maximum absolute atomic E-state index is 5.89. The van der Waals surface area contributed by atoms with Gasteiger partial charge in [-0.15, -0.1) is 0 Å². The molecule has 1 atom stereocenters. The van der Waals surface area contributed by atoms with E-state index in [9.17, 15) is 0 Å². The highest BCUT2D eigenvalue weighted by Gasteiger charge is 2.13. The minimum Gasteiger partial charge on any atom is -0.398 e. The van der Waals surface area contributed by atoms with Crippen LogP contribution in [0.15, 0.2) is 22.7 Å². The molecule has 1 unspecified atom stereocenters. The van der Waals surface area contributed by atoms with Gasteiger partial charge >= 0.3 is 0 Å². The van der Waals surface area contributed by atoms with Gasteiger partial charge in [-0.2, -0.15) is 16.7 Å². The largest absolute Gasteiger partial charge is 0.398 e. The molecule has 1 aromatic heterocycles. The zero-order valence-electron chi connectivity index (χ0n) is 11.5. The molecule has 2 aromatic rings. The number of benzene rings is 1. The summed E-state index contributed by atoms with van der Waals surface area (Å²) < 4.78 is 5.32. The van der Waals surface area contributed by atoms with Crippen LogP contribution in [0.1, 0.15) is 31.7 Å². The minimum absolute atomic E-state index is 0.546. The van der Waals surface area contributed by atoms with Crippen molar-refractivity contribution in [3.63, 3.8) is 0 Å². The maximum atomic E-state index is 5.89. The molecule has 0 fully saturated rings. The number of anilines is 1. The van der Waals surface area contributed by atoms with Crippen molar-refractivity contribution in [2.75, 3.05) is 5.73 Å². The van der Waals surface area contributed by atoms with Gasteiger partial charge in [-0.3, -0.25) is 0 Å². The van der Waals surface area contributed by atoms with Gasteiger partial charge in [0.2, 0.25) is 0 Å². The predicted octanol–water partition coefficient (Wildman–Crippen LogP) is 3.66. The van der Waals surface area contributed by atoms with Crippen molar-refractivity contribution in [3.8, 4) is 11.5 Å². The van der Waals surface area contributed by atoms with Gasteiger partial charge in [0, 0.05) is 16.5 Å². The van der Waals surface area contributed by atoms with Crippen molar-refractivity contribution in [2.45, 2.75) is 38.2 Å². The quantitative estimate of drug-likeness (QED) is 0.845. The molecule has 1 aromatic carbocycles.